The maximum atomic E-state index is 12.7. The van der Waals surface area contributed by atoms with E-state index in [1.54, 1.807) is 13.8 Å². The van der Waals surface area contributed by atoms with Crippen LogP contribution in [0.3, 0.4) is 0 Å². The number of aliphatic hydroxyl groups is 1. The van der Waals surface area contributed by atoms with Crippen LogP contribution in [-0.4, -0.2) is 44.3 Å². The van der Waals surface area contributed by atoms with Gasteiger partial charge in [-0.25, -0.2) is 0 Å². The molecule has 2 rings (SSSR count). The Kier molecular flexibility index (Phi) is 4.42. The molecule has 2 atom stereocenters. The van der Waals surface area contributed by atoms with Gasteiger partial charge in [-0.3, -0.25) is 9.89 Å². The highest BCUT2D eigenvalue weighted by molar-refractivity contribution is 5.79. The average molecular weight is 293 g/mol. The predicted molar refractivity (Wildman–Crippen MR) is 82.0 cm³/mol. The van der Waals surface area contributed by atoms with Gasteiger partial charge in [-0.15, -0.1) is 0 Å². The third-order valence-electron chi connectivity index (χ3n) is 4.56. The number of H-pyrrole nitrogens is 1. The average Bonchev–Trinajstić information content (AvgIpc) is 2.99. The van der Waals surface area contributed by atoms with Gasteiger partial charge in [0.25, 0.3) is 0 Å². The zero-order valence-electron chi connectivity index (χ0n) is 13.7. The number of aromatic amines is 1. The molecule has 1 aliphatic heterocycles. The van der Waals surface area contributed by atoms with Gasteiger partial charge in [-0.1, -0.05) is 6.92 Å². The molecular formula is C16H27N3O2. The highest BCUT2D eigenvalue weighted by atomic mass is 16.3. The Hall–Kier alpha value is -1.36. The predicted octanol–water partition coefficient (Wildman–Crippen LogP) is 1.97. The van der Waals surface area contributed by atoms with Gasteiger partial charge in [0.05, 0.1) is 17.3 Å². The second-order valence-electron chi connectivity index (χ2n) is 6.86. The number of aryl methyl sites for hydroxylation is 2. The number of hydrogen-bond donors (Lipinski definition) is 2. The Morgan fingerprint density at radius 2 is 2.19 bits per heavy atom. The van der Waals surface area contributed by atoms with Gasteiger partial charge in [0.1, 0.15) is 0 Å². The zero-order valence-corrected chi connectivity index (χ0v) is 13.7. The molecule has 0 saturated carbocycles. The van der Waals surface area contributed by atoms with Crippen molar-refractivity contribution in [2.75, 3.05) is 6.54 Å². The Bertz CT molecular complexity index is 497. The molecule has 0 spiro atoms. The van der Waals surface area contributed by atoms with Crippen LogP contribution in [0.25, 0.3) is 0 Å². The minimum absolute atomic E-state index is 0.0704. The van der Waals surface area contributed by atoms with Gasteiger partial charge < -0.3 is 10.0 Å². The van der Waals surface area contributed by atoms with E-state index in [1.165, 1.54) is 0 Å². The van der Waals surface area contributed by atoms with Crippen molar-refractivity contribution >= 4 is 5.91 Å². The Balaban J connectivity index is 2.09. The first kappa shape index (κ1) is 16.0. The summed E-state index contributed by atoms with van der Waals surface area (Å²) in [5.41, 5.74) is 2.29. The van der Waals surface area contributed by atoms with Crippen molar-refractivity contribution in [3.8, 4) is 0 Å². The molecule has 0 aromatic carbocycles. The molecule has 1 aromatic heterocycles. The molecule has 1 fully saturated rings. The summed E-state index contributed by atoms with van der Waals surface area (Å²) in [5.74, 6) is 0.0441. The van der Waals surface area contributed by atoms with Crippen LogP contribution in [0.1, 0.15) is 50.6 Å². The smallest absolute Gasteiger partial charge is 0.226 e. The fourth-order valence-corrected chi connectivity index (χ4v) is 3.32. The number of amides is 1. The highest BCUT2D eigenvalue weighted by Crippen LogP contribution is 2.29. The summed E-state index contributed by atoms with van der Waals surface area (Å²) in [6.45, 7) is 10.2. The third-order valence-corrected chi connectivity index (χ3v) is 4.56. The monoisotopic (exact) mass is 293 g/mol. The van der Waals surface area contributed by atoms with Gasteiger partial charge in [0, 0.05) is 18.2 Å². The van der Waals surface area contributed by atoms with Gasteiger partial charge >= 0.3 is 0 Å². The molecule has 21 heavy (non-hydrogen) atoms. The van der Waals surface area contributed by atoms with Crippen LogP contribution in [0.2, 0.25) is 0 Å². The van der Waals surface area contributed by atoms with E-state index in [2.05, 4.69) is 10.2 Å². The molecular weight excluding hydrogens is 266 g/mol. The lowest BCUT2D eigenvalue weighted by Gasteiger charge is -2.35. The number of nitrogens with one attached hydrogen (secondary N) is 1. The maximum Gasteiger partial charge on any atom is 0.226 e. The minimum atomic E-state index is -0.840. The molecule has 1 saturated heterocycles. The second-order valence-corrected chi connectivity index (χ2v) is 6.86. The number of hydrogen-bond acceptors (Lipinski definition) is 3. The van der Waals surface area contributed by atoms with Crippen molar-refractivity contribution in [1.29, 1.82) is 0 Å². The van der Waals surface area contributed by atoms with Crippen LogP contribution in [0, 0.1) is 19.8 Å². The van der Waals surface area contributed by atoms with Gasteiger partial charge in [0.15, 0.2) is 0 Å². The molecule has 1 aliphatic rings. The van der Waals surface area contributed by atoms with Gasteiger partial charge in [0.2, 0.25) is 5.91 Å². The number of aromatic nitrogens is 2. The fraction of sp³-hybridized carbons (Fsp3) is 0.750. The first-order valence-corrected chi connectivity index (χ1v) is 7.75. The molecule has 1 amide bonds. The van der Waals surface area contributed by atoms with Crippen molar-refractivity contribution in [2.45, 2.75) is 65.5 Å². The summed E-state index contributed by atoms with van der Waals surface area (Å²) in [5, 5.41) is 17.4. The number of rotatable bonds is 4. The van der Waals surface area contributed by atoms with E-state index in [0.29, 0.717) is 6.42 Å². The van der Waals surface area contributed by atoms with E-state index in [9.17, 15) is 9.90 Å². The fourth-order valence-electron chi connectivity index (χ4n) is 3.32. The molecule has 2 N–H and O–H groups in total. The van der Waals surface area contributed by atoms with Crippen LogP contribution in [0.4, 0.5) is 0 Å². The van der Waals surface area contributed by atoms with E-state index in [0.717, 1.165) is 36.3 Å². The summed E-state index contributed by atoms with van der Waals surface area (Å²) in [6, 6.07) is -0.0704. The molecule has 2 heterocycles. The normalized spacial score (nSPS) is 20.9. The lowest BCUT2D eigenvalue weighted by atomic mass is 9.94. The Labute approximate surface area is 126 Å². The SMILES string of the molecule is Cc1n[nH]c(C)c1CC(C)C(=O)N1CCCC1C(C)(C)O. The summed E-state index contributed by atoms with van der Waals surface area (Å²) in [7, 11) is 0. The summed E-state index contributed by atoms with van der Waals surface area (Å²) in [6.07, 6.45) is 2.55. The van der Waals surface area contributed by atoms with Crippen molar-refractivity contribution in [2.24, 2.45) is 5.92 Å². The number of likely N-dealkylation sites (tertiary alicyclic amines) is 1. The van der Waals surface area contributed by atoms with E-state index in [-0.39, 0.29) is 17.9 Å². The topological polar surface area (TPSA) is 69.2 Å². The lowest BCUT2D eigenvalue weighted by Crippen LogP contribution is -2.49. The summed E-state index contributed by atoms with van der Waals surface area (Å²) >= 11 is 0. The van der Waals surface area contributed by atoms with E-state index >= 15 is 0 Å². The maximum absolute atomic E-state index is 12.7. The Morgan fingerprint density at radius 3 is 2.71 bits per heavy atom. The number of carbonyl (C=O) groups is 1. The van der Waals surface area contributed by atoms with Crippen molar-refractivity contribution in [1.82, 2.24) is 15.1 Å². The molecule has 5 nitrogen and oxygen atoms in total. The van der Waals surface area contributed by atoms with E-state index in [1.807, 2.05) is 25.7 Å². The van der Waals surface area contributed by atoms with Gasteiger partial charge in [-0.05, 0) is 52.5 Å². The molecule has 5 heteroatoms. The Morgan fingerprint density at radius 1 is 1.52 bits per heavy atom. The summed E-state index contributed by atoms with van der Waals surface area (Å²) in [4.78, 5) is 14.6. The summed E-state index contributed by atoms with van der Waals surface area (Å²) < 4.78 is 0. The lowest BCUT2D eigenvalue weighted by molar-refractivity contribution is -0.140. The molecule has 1 aromatic rings. The van der Waals surface area contributed by atoms with Crippen LogP contribution in [-0.2, 0) is 11.2 Å². The molecule has 0 bridgehead atoms. The largest absolute Gasteiger partial charge is 0.388 e. The van der Waals surface area contributed by atoms with Crippen LogP contribution < -0.4 is 0 Å². The van der Waals surface area contributed by atoms with Crippen LogP contribution in [0.5, 0.6) is 0 Å². The zero-order chi connectivity index (χ0) is 15.8. The molecule has 2 unspecified atom stereocenters. The first-order valence-electron chi connectivity index (χ1n) is 7.75. The quantitative estimate of drug-likeness (QED) is 0.891. The van der Waals surface area contributed by atoms with Crippen molar-refractivity contribution in [3.05, 3.63) is 17.0 Å². The number of carbonyl (C=O) groups excluding carboxylic acids is 1. The number of nitrogens with zero attached hydrogens (tertiary/aromatic N) is 2. The standard InChI is InChI=1S/C16H27N3O2/c1-10(9-13-11(2)17-18-12(13)3)15(20)19-8-6-7-14(19)16(4,5)21/h10,14,21H,6-9H2,1-5H3,(H,17,18). The van der Waals surface area contributed by atoms with Crippen LogP contribution in [0.15, 0.2) is 0 Å². The van der Waals surface area contributed by atoms with Gasteiger partial charge in [-0.2, -0.15) is 5.10 Å². The van der Waals surface area contributed by atoms with Crippen LogP contribution >= 0.6 is 0 Å². The van der Waals surface area contributed by atoms with Crippen molar-refractivity contribution < 1.29 is 9.90 Å². The van der Waals surface area contributed by atoms with E-state index < -0.39 is 5.60 Å². The third kappa shape index (κ3) is 3.28. The van der Waals surface area contributed by atoms with E-state index in [4.69, 9.17) is 0 Å². The second kappa shape index (κ2) is 5.79. The molecule has 0 radical (unpaired) electrons. The first-order chi connectivity index (χ1) is 9.71. The van der Waals surface area contributed by atoms with Crippen molar-refractivity contribution in [3.63, 3.8) is 0 Å². The highest BCUT2D eigenvalue weighted by Gasteiger charge is 2.39. The molecule has 0 aliphatic carbocycles. The minimum Gasteiger partial charge on any atom is -0.388 e. The molecule has 118 valence electrons.